The van der Waals surface area contributed by atoms with Crippen LogP contribution in [0.25, 0.3) is 11.3 Å². The van der Waals surface area contributed by atoms with Gasteiger partial charge in [-0.1, -0.05) is 24.3 Å². The first-order valence-corrected chi connectivity index (χ1v) is 8.35. The van der Waals surface area contributed by atoms with Gasteiger partial charge in [-0.2, -0.15) is 10.2 Å². The van der Waals surface area contributed by atoms with Crippen molar-refractivity contribution in [1.82, 2.24) is 15.6 Å². The van der Waals surface area contributed by atoms with Crippen molar-refractivity contribution in [2.75, 3.05) is 19.0 Å². The van der Waals surface area contributed by atoms with Crippen LogP contribution in [-0.2, 0) is 0 Å². The Morgan fingerprint density at radius 2 is 1.96 bits per heavy atom. The predicted molar refractivity (Wildman–Crippen MR) is 107 cm³/mol. The third-order valence-corrected chi connectivity index (χ3v) is 3.96. The van der Waals surface area contributed by atoms with Crippen molar-refractivity contribution in [2.24, 2.45) is 5.10 Å². The number of nitro benzene ring substituents is 1. The molecule has 9 nitrogen and oxygen atoms in total. The highest BCUT2D eigenvalue weighted by Gasteiger charge is 2.13. The van der Waals surface area contributed by atoms with Gasteiger partial charge in [-0.15, -0.1) is 0 Å². The summed E-state index contributed by atoms with van der Waals surface area (Å²) in [5, 5.41) is 21.5. The fourth-order valence-electron chi connectivity index (χ4n) is 2.45. The highest BCUT2D eigenvalue weighted by Crippen LogP contribution is 2.22. The molecular weight excluding hydrogens is 360 g/mol. The van der Waals surface area contributed by atoms with E-state index < -0.39 is 10.8 Å². The maximum atomic E-state index is 12.2. The van der Waals surface area contributed by atoms with Crippen LogP contribution >= 0.6 is 0 Å². The maximum absolute atomic E-state index is 12.2. The zero-order valence-electron chi connectivity index (χ0n) is 15.3. The Bertz CT molecular complexity index is 1020. The van der Waals surface area contributed by atoms with Crippen molar-refractivity contribution in [3.05, 3.63) is 76.0 Å². The standard InChI is InChI=1S/C19H18N6O3/c1-24(2)15-8-6-13(7-9-15)12-20-23-19(26)18-11-17(21-22-18)14-4-3-5-16(10-14)25(27)28/h3-12H,1-2H3,(H,21,22)(H,23,26)/b20-12+. The Kier molecular flexibility index (Phi) is 5.45. The average Bonchev–Trinajstić information content (AvgIpc) is 3.19. The van der Waals surface area contributed by atoms with Crippen LogP contribution in [-0.4, -0.2) is 41.3 Å². The lowest BCUT2D eigenvalue weighted by molar-refractivity contribution is -0.384. The van der Waals surface area contributed by atoms with E-state index in [2.05, 4.69) is 20.7 Å². The summed E-state index contributed by atoms with van der Waals surface area (Å²) >= 11 is 0. The maximum Gasteiger partial charge on any atom is 0.289 e. The molecule has 9 heteroatoms. The summed E-state index contributed by atoms with van der Waals surface area (Å²) in [6.07, 6.45) is 1.54. The van der Waals surface area contributed by atoms with Gasteiger partial charge in [0.15, 0.2) is 0 Å². The largest absolute Gasteiger partial charge is 0.378 e. The van der Waals surface area contributed by atoms with E-state index in [1.807, 2.05) is 43.3 Å². The van der Waals surface area contributed by atoms with Crippen molar-refractivity contribution in [3.8, 4) is 11.3 Å². The van der Waals surface area contributed by atoms with Gasteiger partial charge in [0.2, 0.25) is 0 Å². The lowest BCUT2D eigenvalue weighted by Crippen LogP contribution is -2.18. The molecule has 0 aliphatic carbocycles. The van der Waals surface area contributed by atoms with Gasteiger partial charge < -0.3 is 4.90 Å². The monoisotopic (exact) mass is 378 g/mol. The van der Waals surface area contributed by atoms with E-state index in [4.69, 9.17) is 0 Å². The van der Waals surface area contributed by atoms with Crippen LogP contribution in [0.3, 0.4) is 0 Å². The minimum absolute atomic E-state index is 0.0450. The number of carbonyl (C=O) groups is 1. The summed E-state index contributed by atoms with van der Waals surface area (Å²) < 4.78 is 0. The summed E-state index contributed by atoms with van der Waals surface area (Å²) in [4.78, 5) is 24.6. The Hall–Kier alpha value is -4.01. The number of hydrogen-bond acceptors (Lipinski definition) is 6. The van der Waals surface area contributed by atoms with E-state index in [9.17, 15) is 14.9 Å². The van der Waals surface area contributed by atoms with Gasteiger partial charge in [-0.3, -0.25) is 20.0 Å². The first-order valence-electron chi connectivity index (χ1n) is 8.35. The second-order valence-electron chi connectivity index (χ2n) is 6.16. The molecule has 2 aromatic carbocycles. The molecule has 0 unspecified atom stereocenters. The molecule has 3 aromatic rings. The SMILES string of the molecule is CN(C)c1ccc(/C=N/NC(=O)c2cc(-c3cccc([N+](=O)[O-])c3)n[nH]2)cc1. The zero-order chi connectivity index (χ0) is 20.1. The molecule has 0 radical (unpaired) electrons. The molecule has 0 saturated heterocycles. The number of rotatable bonds is 6. The second-order valence-corrected chi connectivity index (χ2v) is 6.16. The van der Waals surface area contributed by atoms with E-state index in [0.717, 1.165) is 11.3 Å². The number of anilines is 1. The average molecular weight is 378 g/mol. The van der Waals surface area contributed by atoms with Crippen LogP contribution in [0.1, 0.15) is 16.1 Å². The molecule has 28 heavy (non-hydrogen) atoms. The second kappa shape index (κ2) is 8.12. The molecule has 1 heterocycles. The van der Waals surface area contributed by atoms with Crippen LogP contribution in [0.15, 0.2) is 59.7 Å². The number of nitro groups is 1. The number of non-ortho nitro benzene ring substituents is 1. The van der Waals surface area contributed by atoms with E-state index in [1.54, 1.807) is 12.1 Å². The molecule has 3 rings (SSSR count). The summed E-state index contributed by atoms with van der Waals surface area (Å²) in [6, 6.07) is 15.2. The molecule has 0 aliphatic rings. The molecule has 0 aliphatic heterocycles. The van der Waals surface area contributed by atoms with E-state index in [0.29, 0.717) is 11.3 Å². The van der Waals surface area contributed by atoms with Crippen LogP contribution < -0.4 is 10.3 Å². The molecule has 0 spiro atoms. The van der Waals surface area contributed by atoms with Crippen molar-refractivity contribution >= 4 is 23.5 Å². The number of aromatic amines is 1. The lowest BCUT2D eigenvalue weighted by Gasteiger charge is -2.11. The van der Waals surface area contributed by atoms with Crippen LogP contribution in [0.2, 0.25) is 0 Å². The molecule has 142 valence electrons. The summed E-state index contributed by atoms with van der Waals surface area (Å²) in [5.41, 5.74) is 5.44. The molecular formula is C19H18N6O3. The summed E-state index contributed by atoms with van der Waals surface area (Å²) in [7, 11) is 3.91. The Morgan fingerprint density at radius 1 is 1.21 bits per heavy atom. The number of hydrogen-bond donors (Lipinski definition) is 2. The number of aromatic nitrogens is 2. The smallest absolute Gasteiger partial charge is 0.289 e. The number of carbonyl (C=O) groups excluding carboxylic acids is 1. The Balaban J connectivity index is 1.65. The van der Waals surface area contributed by atoms with Gasteiger partial charge in [0, 0.05) is 37.5 Å². The van der Waals surface area contributed by atoms with E-state index in [-0.39, 0.29) is 11.4 Å². The topological polar surface area (TPSA) is 117 Å². The van der Waals surface area contributed by atoms with Gasteiger partial charge in [0.05, 0.1) is 16.8 Å². The first kappa shape index (κ1) is 18.8. The van der Waals surface area contributed by atoms with Crippen LogP contribution in [0.5, 0.6) is 0 Å². The van der Waals surface area contributed by atoms with E-state index >= 15 is 0 Å². The number of amides is 1. The fraction of sp³-hybridized carbons (Fsp3) is 0.105. The third kappa shape index (κ3) is 4.39. The molecule has 2 N–H and O–H groups in total. The predicted octanol–water partition coefficient (Wildman–Crippen LogP) is 2.81. The molecule has 0 bridgehead atoms. The quantitative estimate of drug-likeness (QED) is 0.389. The molecule has 0 saturated carbocycles. The Morgan fingerprint density at radius 3 is 2.64 bits per heavy atom. The minimum Gasteiger partial charge on any atom is -0.378 e. The van der Waals surface area contributed by atoms with Gasteiger partial charge in [-0.25, -0.2) is 5.43 Å². The van der Waals surface area contributed by atoms with Gasteiger partial charge in [0.1, 0.15) is 5.69 Å². The van der Waals surface area contributed by atoms with E-state index in [1.165, 1.54) is 24.4 Å². The molecule has 0 fully saturated rings. The number of benzene rings is 2. The fourth-order valence-corrected chi connectivity index (χ4v) is 2.45. The lowest BCUT2D eigenvalue weighted by atomic mass is 10.1. The van der Waals surface area contributed by atoms with Crippen molar-refractivity contribution in [3.63, 3.8) is 0 Å². The number of nitrogens with one attached hydrogen (secondary N) is 2. The highest BCUT2D eigenvalue weighted by molar-refractivity contribution is 5.94. The minimum atomic E-state index is -0.483. The number of nitrogens with zero attached hydrogens (tertiary/aromatic N) is 4. The van der Waals surface area contributed by atoms with Crippen molar-refractivity contribution in [1.29, 1.82) is 0 Å². The summed E-state index contributed by atoms with van der Waals surface area (Å²) in [5.74, 6) is -0.467. The van der Waals surface area contributed by atoms with Gasteiger partial charge in [-0.05, 0) is 23.8 Å². The van der Waals surface area contributed by atoms with Gasteiger partial charge in [0.25, 0.3) is 11.6 Å². The van der Waals surface area contributed by atoms with Gasteiger partial charge >= 0.3 is 0 Å². The van der Waals surface area contributed by atoms with Crippen LogP contribution in [0.4, 0.5) is 11.4 Å². The summed E-state index contributed by atoms with van der Waals surface area (Å²) in [6.45, 7) is 0. The molecule has 1 aromatic heterocycles. The van der Waals surface area contributed by atoms with Crippen molar-refractivity contribution in [2.45, 2.75) is 0 Å². The van der Waals surface area contributed by atoms with Crippen LogP contribution in [0, 0.1) is 10.1 Å². The van der Waals surface area contributed by atoms with Crippen molar-refractivity contribution < 1.29 is 9.72 Å². The number of hydrazone groups is 1. The zero-order valence-corrected chi connectivity index (χ0v) is 15.3. The molecule has 0 atom stereocenters. The normalized spacial score (nSPS) is 10.8. The highest BCUT2D eigenvalue weighted by atomic mass is 16.6. The molecule has 1 amide bonds. The number of H-pyrrole nitrogens is 1. The Labute approximate surface area is 160 Å². The first-order chi connectivity index (χ1) is 13.4. The third-order valence-electron chi connectivity index (χ3n) is 3.96.